The van der Waals surface area contributed by atoms with Crippen molar-refractivity contribution in [2.75, 3.05) is 0 Å². The molecule has 0 fully saturated rings. The van der Waals surface area contributed by atoms with Gasteiger partial charge in [-0.05, 0) is 6.42 Å². The lowest BCUT2D eigenvalue weighted by Crippen LogP contribution is -1.97. The predicted molar refractivity (Wildman–Crippen MR) is 72.1 cm³/mol. The molecule has 0 aliphatic carbocycles. The Morgan fingerprint density at radius 3 is 1.69 bits per heavy atom. The molecule has 0 aromatic heterocycles. The summed E-state index contributed by atoms with van der Waals surface area (Å²) in [6.45, 7) is 2.26. The summed E-state index contributed by atoms with van der Waals surface area (Å²) in [5.74, 6) is 0. The monoisotopic (exact) mass is 376 g/mol. The molecule has 80 valence electrons. The molecule has 0 spiro atoms. The van der Waals surface area contributed by atoms with Crippen molar-refractivity contribution >= 4 is 47.8 Å². The summed E-state index contributed by atoms with van der Waals surface area (Å²) in [5, 5.41) is 0. The molecule has 13 heavy (non-hydrogen) atoms. The van der Waals surface area contributed by atoms with E-state index in [1.54, 1.807) is 0 Å². The fourth-order valence-corrected chi connectivity index (χ4v) is 2.12. The fourth-order valence-electron chi connectivity index (χ4n) is 1.28. The normalized spacial score (nSPS) is 12.0. The van der Waals surface area contributed by atoms with Crippen molar-refractivity contribution in [3.05, 3.63) is 0 Å². The molecule has 0 aromatic rings. The van der Waals surface area contributed by atoms with Gasteiger partial charge >= 0.3 is 0 Å². The summed E-state index contributed by atoms with van der Waals surface area (Å²) < 4.78 is -0.0174. The molecule has 0 saturated heterocycles. The van der Waals surface area contributed by atoms with E-state index in [1.165, 1.54) is 44.9 Å². The Kier molecular flexibility index (Phi) is 9.69. The van der Waals surface area contributed by atoms with Crippen LogP contribution < -0.4 is 0 Å². The maximum Gasteiger partial charge on any atom is 0.135 e. The second kappa shape index (κ2) is 8.72. The van der Waals surface area contributed by atoms with E-state index in [0.717, 1.165) is 6.42 Å². The van der Waals surface area contributed by atoms with Crippen LogP contribution in [0.1, 0.15) is 58.3 Å². The lowest BCUT2D eigenvalue weighted by molar-refractivity contribution is 0.583. The molecule has 0 saturated carbocycles. The second-order valence-electron chi connectivity index (χ2n) is 3.49. The molecule has 0 amide bonds. The van der Waals surface area contributed by atoms with Gasteiger partial charge in [0.1, 0.15) is 2.14 Å². The fraction of sp³-hybridized carbons (Fsp3) is 1.00. The Labute approximate surface area is 108 Å². The summed E-state index contributed by atoms with van der Waals surface area (Å²) in [6, 6.07) is 0. The third-order valence-corrected chi connectivity index (χ3v) is 3.25. The second-order valence-corrected chi connectivity index (χ2v) is 10.7. The molecule has 0 unspecified atom stereocenters. The largest absolute Gasteiger partial charge is 0.135 e. The van der Waals surface area contributed by atoms with Gasteiger partial charge in [-0.2, -0.15) is 0 Å². The molecule has 0 bridgehead atoms. The van der Waals surface area contributed by atoms with Crippen molar-refractivity contribution in [3.8, 4) is 0 Å². The first-order valence-electron chi connectivity index (χ1n) is 5.13. The van der Waals surface area contributed by atoms with Crippen molar-refractivity contribution in [2.45, 2.75) is 60.4 Å². The molecule has 0 aliphatic rings. The molecule has 0 atom stereocenters. The first-order chi connectivity index (χ1) is 6.06. The molecule has 0 rings (SSSR count). The van der Waals surface area contributed by atoms with E-state index in [1.807, 2.05) is 0 Å². The van der Waals surface area contributed by atoms with Crippen molar-refractivity contribution in [2.24, 2.45) is 0 Å². The van der Waals surface area contributed by atoms with Gasteiger partial charge in [-0.25, -0.2) is 0 Å². The highest BCUT2D eigenvalue weighted by Crippen LogP contribution is 2.38. The summed E-state index contributed by atoms with van der Waals surface area (Å²) in [7, 11) is 0. The van der Waals surface area contributed by atoms with Crippen LogP contribution in [0.5, 0.6) is 0 Å². The molecule has 0 aromatic carbocycles. The predicted octanol–water partition coefficient (Wildman–Crippen LogP) is 5.97. The van der Waals surface area contributed by atoms with Gasteiger partial charge in [-0.1, -0.05) is 99.7 Å². The highest BCUT2D eigenvalue weighted by atomic mass is 80.0. The van der Waals surface area contributed by atoms with E-state index in [9.17, 15) is 0 Å². The van der Waals surface area contributed by atoms with E-state index in [0.29, 0.717) is 0 Å². The minimum absolute atomic E-state index is 0.0174. The van der Waals surface area contributed by atoms with Crippen LogP contribution in [0.25, 0.3) is 0 Å². The summed E-state index contributed by atoms with van der Waals surface area (Å²) in [6.07, 6.45) is 10.7. The van der Waals surface area contributed by atoms with Crippen LogP contribution in [-0.2, 0) is 0 Å². The van der Waals surface area contributed by atoms with E-state index in [2.05, 4.69) is 54.7 Å². The highest BCUT2D eigenvalue weighted by Gasteiger charge is 2.15. The standard InChI is InChI=1S/C10H19Br3/c1-2-3-4-5-6-7-8-9-10(11,12)13/h2-9H2,1H3. The molecule has 0 heterocycles. The van der Waals surface area contributed by atoms with Gasteiger partial charge in [0.25, 0.3) is 0 Å². The quantitative estimate of drug-likeness (QED) is 0.378. The van der Waals surface area contributed by atoms with Gasteiger partial charge in [-0.15, -0.1) is 0 Å². The Morgan fingerprint density at radius 1 is 0.769 bits per heavy atom. The minimum atomic E-state index is -0.0174. The number of unbranched alkanes of at least 4 members (excludes halogenated alkanes) is 6. The zero-order chi connectivity index (χ0) is 10.2. The zero-order valence-corrected chi connectivity index (χ0v) is 13.0. The number of hydrogen-bond acceptors (Lipinski definition) is 0. The Balaban J connectivity index is 3.00. The van der Waals surface area contributed by atoms with Gasteiger partial charge in [0.2, 0.25) is 0 Å². The number of hydrogen-bond donors (Lipinski definition) is 0. The maximum atomic E-state index is 3.51. The highest BCUT2D eigenvalue weighted by molar-refractivity contribution is 9.39. The third-order valence-electron chi connectivity index (χ3n) is 2.06. The Bertz CT molecular complexity index is 107. The average Bonchev–Trinajstić information content (AvgIpc) is 2.01. The van der Waals surface area contributed by atoms with Crippen LogP contribution >= 0.6 is 47.8 Å². The number of alkyl halides is 3. The van der Waals surface area contributed by atoms with E-state index in [-0.39, 0.29) is 2.14 Å². The van der Waals surface area contributed by atoms with Gasteiger partial charge in [0, 0.05) is 0 Å². The SMILES string of the molecule is CCCCCCCCCC(Br)(Br)Br. The van der Waals surface area contributed by atoms with Crippen LogP contribution in [0.2, 0.25) is 0 Å². The first kappa shape index (κ1) is 14.4. The number of halogens is 3. The lowest BCUT2D eigenvalue weighted by atomic mass is 10.1. The summed E-state index contributed by atoms with van der Waals surface area (Å²) >= 11 is 10.5. The van der Waals surface area contributed by atoms with Crippen LogP contribution in [0.3, 0.4) is 0 Å². The summed E-state index contributed by atoms with van der Waals surface area (Å²) in [4.78, 5) is 0. The van der Waals surface area contributed by atoms with Crippen LogP contribution in [0.4, 0.5) is 0 Å². The summed E-state index contributed by atoms with van der Waals surface area (Å²) in [5.41, 5.74) is 0. The topological polar surface area (TPSA) is 0 Å². The molecule has 0 aliphatic heterocycles. The van der Waals surface area contributed by atoms with Gasteiger partial charge in [0.05, 0.1) is 0 Å². The molecular weight excluding hydrogens is 360 g/mol. The molecular formula is C10H19Br3. The van der Waals surface area contributed by atoms with E-state index in [4.69, 9.17) is 0 Å². The van der Waals surface area contributed by atoms with Crippen LogP contribution in [0.15, 0.2) is 0 Å². The Hall–Kier alpha value is 1.44. The number of rotatable bonds is 7. The molecule has 0 N–H and O–H groups in total. The van der Waals surface area contributed by atoms with Gasteiger partial charge in [0.15, 0.2) is 0 Å². The molecule has 3 heteroatoms. The lowest BCUT2D eigenvalue weighted by Gasteiger charge is -2.10. The van der Waals surface area contributed by atoms with E-state index >= 15 is 0 Å². The van der Waals surface area contributed by atoms with Crippen molar-refractivity contribution in [1.82, 2.24) is 0 Å². The molecule has 0 nitrogen and oxygen atoms in total. The van der Waals surface area contributed by atoms with Gasteiger partial charge in [-0.3, -0.25) is 0 Å². The smallest absolute Gasteiger partial charge is 0.0654 e. The zero-order valence-electron chi connectivity index (χ0n) is 8.29. The Morgan fingerprint density at radius 2 is 1.23 bits per heavy atom. The average molecular weight is 379 g/mol. The third kappa shape index (κ3) is 13.4. The van der Waals surface area contributed by atoms with Crippen molar-refractivity contribution in [3.63, 3.8) is 0 Å². The van der Waals surface area contributed by atoms with Crippen LogP contribution in [-0.4, -0.2) is 2.14 Å². The van der Waals surface area contributed by atoms with Crippen LogP contribution in [0, 0.1) is 0 Å². The maximum absolute atomic E-state index is 3.51. The van der Waals surface area contributed by atoms with Crippen molar-refractivity contribution in [1.29, 1.82) is 0 Å². The first-order valence-corrected chi connectivity index (χ1v) is 7.51. The molecule has 0 radical (unpaired) electrons. The van der Waals surface area contributed by atoms with Gasteiger partial charge < -0.3 is 0 Å². The van der Waals surface area contributed by atoms with E-state index < -0.39 is 0 Å². The minimum Gasteiger partial charge on any atom is -0.0654 e. The van der Waals surface area contributed by atoms with Crippen molar-refractivity contribution < 1.29 is 0 Å².